The number of carboxylic acid groups (broad SMARTS) is 2. The van der Waals surface area contributed by atoms with Crippen LogP contribution in [0, 0.1) is 0 Å². The van der Waals surface area contributed by atoms with E-state index in [-0.39, 0.29) is 12.3 Å². The lowest BCUT2D eigenvalue weighted by Crippen LogP contribution is -2.07. The predicted molar refractivity (Wildman–Crippen MR) is 116 cm³/mol. The molecule has 0 aliphatic carbocycles. The van der Waals surface area contributed by atoms with Gasteiger partial charge in [0.25, 0.3) is 0 Å². The fraction of sp³-hybridized carbons (Fsp3) is 0.292. The van der Waals surface area contributed by atoms with E-state index >= 15 is 0 Å². The molecule has 2 aromatic carbocycles. The summed E-state index contributed by atoms with van der Waals surface area (Å²) in [6.07, 6.45) is 2.62. The molecule has 0 aliphatic heterocycles. The van der Waals surface area contributed by atoms with Crippen molar-refractivity contribution in [2.75, 3.05) is 0 Å². The summed E-state index contributed by atoms with van der Waals surface area (Å²) in [5, 5.41) is 18.8. The van der Waals surface area contributed by atoms with E-state index in [9.17, 15) is 19.8 Å². The number of nitrogens with one attached hydrogen (secondary N) is 1. The molecule has 7 nitrogen and oxygen atoms in total. The molecular formula is C24H26N2O5. The van der Waals surface area contributed by atoms with E-state index in [0.717, 1.165) is 23.1 Å². The van der Waals surface area contributed by atoms with Crippen molar-refractivity contribution in [1.29, 1.82) is 0 Å². The lowest BCUT2D eigenvalue weighted by Gasteiger charge is -2.12. The Morgan fingerprint density at radius 1 is 1.03 bits per heavy atom. The third kappa shape index (κ3) is 5.31. The second kappa shape index (κ2) is 9.93. The number of carboxylic acids is 2. The molecule has 0 bridgehead atoms. The molecule has 0 aliphatic rings. The van der Waals surface area contributed by atoms with Gasteiger partial charge >= 0.3 is 11.9 Å². The number of aromatic nitrogens is 2. The first-order valence-corrected chi connectivity index (χ1v) is 10.3. The Labute approximate surface area is 180 Å². The van der Waals surface area contributed by atoms with Crippen LogP contribution in [0.3, 0.4) is 0 Å². The van der Waals surface area contributed by atoms with Gasteiger partial charge in [-0.3, -0.25) is 0 Å². The molecule has 3 rings (SSSR count). The van der Waals surface area contributed by atoms with E-state index < -0.39 is 11.9 Å². The first kappa shape index (κ1) is 22.1. The van der Waals surface area contributed by atoms with Gasteiger partial charge in [0.1, 0.15) is 18.2 Å². The quantitative estimate of drug-likeness (QED) is 0.444. The highest BCUT2D eigenvalue weighted by atomic mass is 16.5. The van der Waals surface area contributed by atoms with Gasteiger partial charge in [-0.1, -0.05) is 38.1 Å². The maximum absolute atomic E-state index is 11.5. The third-order valence-electron chi connectivity index (χ3n) is 5.07. The van der Waals surface area contributed by atoms with E-state index in [1.54, 1.807) is 12.1 Å². The zero-order chi connectivity index (χ0) is 22.4. The van der Waals surface area contributed by atoms with Crippen molar-refractivity contribution in [3.05, 3.63) is 81.9 Å². The summed E-state index contributed by atoms with van der Waals surface area (Å²) in [4.78, 5) is 30.2. The first-order chi connectivity index (χ1) is 14.9. The van der Waals surface area contributed by atoms with E-state index in [4.69, 9.17) is 4.74 Å². The maximum Gasteiger partial charge on any atom is 0.356 e. The molecular weight excluding hydrogens is 396 g/mol. The molecule has 0 amide bonds. The fourth-order valence-corrected chi connectivity index (χ4v) is 3.58. The van der Waals surface area contributed by atoms with Gasteiger partial charge in [0, 0.05) is 12.8 Å². The zero-order valence-corrected chi connectivity index (χ0v) is 17.6. The molecule has 1 heterocycles. The average molecular weight is 422 g/mol. The third-order valence-corrected chi connectivity index (χ3v) is 5.07. The van der Waals surface area contributed by atoms with Crippen molar-refractivity contribution in [2.24, 2.45) is 0 Å². The molecule has 3 N–H and O–H groups in total. The molecule has 0 fully saturated rings. The van der Waals surface area contributed by atoms with Crippen LogP contribution in [0.4, 0.5) is 0 Å². The van der Waals surface area contributed by atoms with Crippen LogP contribution in [0.5, 0.6) is 5.75 Å². The Morgan fingerprint density at radius 3 is 2.39 bits per heavy atom. The summed E-state index contributed by atoms with van der Waals surface area (Å²) in [6, 6.07) is 12.6. The number of benzene rings is 2. The van der Waals surface area contributed by atoms with Gasteiger partial charge in [-0.25, -0.2) is 14.6 Å². The standard InChI is InChI=1S/C24H26N2O5/c1-3-6-21-25-20(22(26-21)24(29)30)13-15-9-11-17(12-10-15)31-14-16-7-5-8-19(23(27)28)18(16)4-2/h5,7-12H,3-4,6,13-14H2,1-2H3,(H,25,26)(H,27,28)(H,29,30). The minimum absolute atomic E-state index is 0.0641. The SMILES string of the molecule is CCCc1nc(C(=O)O)c(Cc2ccc(OCc3cccc(C(=O)O)c3CC)cc2)[nH]1. The van der Waals surface area contributed by atoms with Crippen LogP contribution in [0.1, 0.15) is 69.3 Å². The Hall–Kier alpha value is -3.61. The molecule has 0 unspecified atom stereocenters. The van der Waals surface area contributed by atoms with E-state index in [1.165, 1.54) is 0 Å². The summed E-state index contributed by atoms with van der Waals surface area (Å²) in [7, 11) is 0. The predicted octanol–water partition coefficient (Wildman–Crippen LogP) is 4.49. The minimum Gasteiger partial charge on any atom is -0.489 e. The Kier molecular flexibility index (Phi) is 7.07. The second-order valence-electron chi connectivity index (χ2n) is 7.28. The fourth-order valence-electron chi connectivity index (χ4n) is 3.58. The number of rotatable bonds is 10. The molecule has 0 saturated heterocycles. The molecule has 1 aromatic heterocycles. The molecule has 0 saturated carbocycles. The number of H-pyrrole nitrogens is 1. The van der Waals surface area contributed by atoms with E-state index in [0.29, 0.717) is 42.1 Å². The summed E-state index contributed by atoms with van der Waals surface area (Å²) in [6.45, 7) is 4.21. The molecule has 0 radical (unpaired) electrons. The monoisotopic (exact) mass is 422 g/mol. The highest BCUT2D eigenvalue weighted by molar-refractivity contribution is 5.89. The van der Waals surface area contributed by atoms with Crippen molar-refractivity contribution < 1.29 is 24.5 Å². The number of imidazole rings is 1. The van der Waals surface area contributed by atoms with Crippen LogP contribution in [0.2, 0.25) is 0 Å². The Bertz CT molecular complexity index is 1070. The normalized spacial score (nSPS) is 10.8. The van der Waals surface area contributed by atoms with E-state index in [2.05, 4.69) is 9.97 Å². The smallest absolute Gasteiger partial charge is 0.356 e. The second-order valence-corrected chi connectivity index (χ2v) is 7.28. The van der Waals surface area contributed by atoms with Crippen LogP contribution < -0.4 is 4.74 Å². The van der Waals surface area contributed by atoms with Crippen LogP contribution in [-0.4, -0.2) is 32.1 Å². The summed E-state index contributed by atoms with van der Waals surface area (Å²) in [5.74, 6) is -0.639. The largest absolute Gasteiger partial charge is 0.489 e. The Balaban J connectivity index is 1.70. The van der Waals surface area contributed by atoms with Crippen molar-refractivity contribution in [3.8, 4) is 5.75 Å². The molecule has 31 heavy (non-hydrogen) atoms. The highest BCUT2D eigenvalue weighted by Crippen LogP contribution is 2.21. The molecule has 0 atom stereocenters. The van der Waals surface area contributed by atoms with Gasteiger partial charge in [-0.05, 0) is 47.7 Å². The molecule has 162 valence electrons. The number of carbonyl (C=O) groups is 2. The van der Waals surface area contributed by atoms with Gasteiger partial charge in [-0.15, -0.1) is 0 Å². The topological polar surface area (TPSA) is 113 Å². The van der Waals surface area contributed by atoms with Crippen molar-refractivity contribution in [2.45, 2.75) is 46.1 Å². The van der Waals surface area contributed by atoms with Gasteiger partial charge in [-0.2, -0.15) is 0 Å². The summed E-state index contributed by atoms with van der Waals surface area (Å²) in [5.41, 5.74) is 3.50. The van der Waals surface area contributed by atoms with E-state index in [1.807, 2.05) is 44.2 Å². The van der Waals surface area contributed by atoms with Gasteiger partial charge in [0.05, 0.1) is 11.3 Å². The van der Waals surface area contributed by atoms with Crippen molar-refractivity contribution in [1.82, 2.24) is 9.97 Å². The average Bonchev–Trinajstić information content (AvgIpc) is 3.15. The van der Waals surface area contributed by atoms with Crippen molar-refractivity contribution in [3.63, 3.8) is 0 Å². The van der Waals surface area contributed by atoms with Gasteiger partial charge < -0.3 is 19.9 Å². The molecule has 3 aromatic rings. The van der Waals surface area contributed by atoms with Crippen LogP contribution >= 0.6 is 0 Å². The van der Waals surface area contributed by atoms with Crippen LogP contribution in [0.15, 0.2) is 42.5 Å². The van der Waals surface area contributed by atoms with Crippen LogP contribution in [-0.2, 0) is 25.9 Å². The minimum atomic E-state index is -1.04. The number of aryl methyl sites for hydroxylation is 1. The Morgan fingerprint density at radius 2 is 1.77 bits per heavy atom. The zero-order valence-electron chi connectivity index (χ0n) is 17.6. The first-order valence-electron chi connectivity index (χ1n) is 10.3. The summed E-state index contributed by atoms with van der Waals surface area (Å²) < 4.78 is 5.87. The lowest BCUT2D eigenvalue weighted by molar-refractivity contribution is 0.0681. The van der Waals surface area contributed by atoms with Crippen molar-refractivity contribution >= 4 is 11.9 Å². The number of ether oxygens (including phenoxy) is 1. The number of aromatic amines is 1. The maximum atomic E-state index is 11.5. The summed E-state index contributed by atoms with van der Waals surface area (Å²) >= 11 is 0. The molecule has 7 heteroatoms. The van der Waals surface area contributed by atoms with Gasteiger partial charge in [0.2, 0.25) is 0 Å². The lowest BCUT2D eigenvalue weighted by atomic mass is 9.99. The molecule has 0 spiro atoms. The number of aromatic carboxylic acids is 2. The number of hydrogen-bond acceptors (Lipinski definition) is 4. The number of nitrogens with zero attached hydrogens (tertiary/aromatic N) is 1. The highest BCUT2D eigenvalue weighted by Gasteiger charge is 2.17. The van der Waals surface area contributed by atoms with Gasteiger partial charge in [0.15, 0.2) is 5.69 Å². The van der Waals surface area contributed by atoms with Crippen LogP contribution in [0.25, 0.3) is 0 Å². The number of hydrogen-bond donors (Lipinski definition) is 3.